The Labute approximate surface area is 97.6 Å². The highest BCUT2D eigenvalue weighted by molar-refractivity contribution is 5.77. The van der Waals surface area contributed by atoms with Crippen LogP contribution in [0, 0.1) is 11.8 Å². The summed E-state index contributed by atoms with van der Waals surface area (Å²) < 4.78 is 5.02. The first-order chi connectivity index (χ1) is 7.60. The summed E-state index contributed by atoms with van der Waals surface area (Å²) in [5.74, 6) is 0.799. The van der Waals surface area contributed by atoms with Crippen LogP contribution in [0.15, 0.2) is 0 Å². The van der Waals surface area contributed by atoms with Crippen molar-refractivity contribution >= 4 is 5.91 Å². The van der Waals surface area contributed by atoms with Crippen LogP contribution in [0.4, 0.5) is 0 Å². The Balaban J connectivity index is 2.47. The third-order valence-corrected chi connectivity index (χ3v) is 3.36. The summed E-state index contributed by atoms with van der Waals surface area (Å²) in [6.45, 7) is 5.57. The third-order valence-electron chi connectivity index (χ3n) is 3.36. The van der Waals surface area contributed by atoms with Crippen LogP contribution in [-0.4, -0.2) is 48.8 Å². The Morgan fingerprint density at radius 3 is 2.88 bits per heavy atom. The first-order valence-corrected chi connectivity index (χ1v) is 5.99. The molecule has 3 unspecified atom stereocenters. The van der Waals surface area contributed by atoms with Crippen molar-refractivity contribution in [3.8, 4) is 0 Å². The van der Waals surface area contributed by atoms with E-state index in [1.165, 1.54) is 0 Å². The Bertz CT molecular complexity index is 232. The van der Waals surface area contributed by atoms with Gasteiger partial charge in [0.2, 0.25) is 5.91 Å². The number of methoxy groups -OCH3 is 1. The van der Waals surface area contributed by atoms with E-state index in [0.29, 0.717) is 18.9 Å². The number of likely N-dealkylation sites (tertiary alicyclic amines) is 1. The van der Waals surface area contributed by atoms with Gasteiger partial charge < -0.3 is 14.7 Å². The Hall–Kier alpha value is -0.610. The minimum atomic E-state index is 0.0160. The summed E-state index contributed by atoms with van der Waals surface area (Å²) in [6.07, 6.45) is 1.51. The number of ether oxygens (including phenoxy) is 1. The van der Waals surface area contributed by atoms with E-state index >= 15 is 0 Å². The number of carbonyl (C=O) groups is 1. The van der Waals surface area contributed by atoms with Crippen molar-refractivity contribution in [3.63, 3.8) is 0 Å². The highest BCUT2D eigenvalue weighted by Crippen LogP contribution is 2.24. The Morgan fingerprint density at radius 1 is 1.62 bits per heavy atom. The molecule has 3 atom stereocenters. The Morgan fingerprint density at radius 2 is 2.31 bits per heavy atom. The van der Waals surface area contributed by atoms with Crippen LogP contribution in [0.1, 0.15) is 26.7 Å². The van der Waals surface area contributed by atoms with E-state index in [1.807, 2.05) is 11.8 Å². The minimum Gasteiger partial charge on any atom is -0.394 e. The number of hydrogen-bond acceptors (Lipinski definition) is 3. The summed E-state index contributed by atoms with van der Waals surface area (Å²) in [6, 6.07) is 0.0160. The lowest BCUT2D eigenvalue weighted by Crippen LogP contribution is -2.40. The van der Waals surface area contributed by atoms with Gasteiger partial charge in [-0.3, -0.25) is 4.79 Å². The molecule has 1 aliphatic heterocycles. The molecule has 16 heavy (non-hydrogen) atoms. The predicted octanol–water partition coefficient (Wildman–Crippen LogP) is 0.888. The summed E-state index contributed by atoms with van der Waals surface area (Å²) in [7, 11) is 1.65. The lowest BCUT2D eigenvalue weighted by atomic mass is 10.0. The van der Waals surface area contributed by atoms with Gasteiger partial charge in [-0.1, -0.05) is 13.8 Å². The number of carbonyl (C=O) groups excluding carboxylic acids is 1. The topological polar surface area (TPSA) is 49.8 Å². The highest BCUT2D eigenvalue weighted by atomic mass is 16.5. The van der Waals surface area contributed by atoms with Crippen LogP contribution < -0.4 is 0 Å². The molecular formula is C12H23NO3. The molecule has 94 valence electrons. The molecular weight excluding hydrogens is 206 g/mol. The Kier molecular flexibility index (Phi) is 5.22. The molecule has 0 spiro atoms. The van der Waals surface area contributed by atoms with Crippen molar-refractivity contribution in [2.45, 2.75) is 32.7 Å². The standard InChI is InChI=1S/C12H23NO3/c1-9(8-16-3)6-12(15)13-5-4-10(2)11(13)7-14/h9-11,14H,4-8H2,1-3H3. The maximum absolute atomic E-state index is 12.0. The van der Waals surface area contributed by atoms with E-state index in [-0.39, 0.29) is 24.5 Å². The van der Waals surface area contributed by atoms with Gasteiger partial charge in [-0.25, -0.2) is 0 Å². The van der Waals surface area contributed by atoms with Crippen molar-refractivity contribution in [2.24, 2.45) is 11.8 Å². The molecule has 1 fully saturated rings. The maximum atomic E-state index is 12.0. The smallest absolute Gasteiger partial charge is 0.223 e. The van der Waals surface area contributed by atoms with Gasteiger partial charge in [-0.05, 0) is 18.3 Å². The first kappa shape index (κ1) is 13.5. The molecule has 0 aliphatic carbocycles. The molecule has 1 N–H and O–H groups in total. The molecule has 0 radical (unpaired) electrons. The van der Waals surface area contributed by atoms with Crippen LogP contribution in [0.3, 0.4) is 0 Å². The zero-order chi connectivity index (χ0) is 12.1. The van der Waals surface area contributed by atoms with Crippen molar-refractivity contribution in [1.29, 1.82) is 0 Å². The van der Waals surface area contributed by atoms with E-state index in [0.717, 1.165) is 13.0 Å². The van der Waals surface area contributed by atoms with Crippen molar-refractivity contribution in [3.05, 3.63) is 0 Å². The highest BCUT2D eigenvalue weighted by Gasteiger charge is 2.33. The molecule has 1 heterocycles. The lowest BCUT2D eigenvalue weighted by molar-refractivity contribution is -0.134. The number of amides is 1. The van der Waals surface area contributed by atoms with Gasteiger partial charge in [-0.15, -0.1) is 0 Å². The monoisotopic (exact) mass is 229 g/mol. The molecule has 0 aromatic carbocycles. The predicted molar refractivity (Wildman–Crippen MR) is 62.0 cm³/mol. The van der Waals surface area contributed by atoms with Gasteiger partial charge in [0.05, 0.1) is 12.6 Å². The van der Waals surface area contributed by atoms with Gasteiger partial charge in [0.15, 0.2) is 0 Å². The van der Waals surface area contributed by atoms with Crippen LogP contribution in [0.25, 0.3) is 0 Å². The van der Waals surface area contributed by atoms with E-state index in [2.05, 4.69) is 6.92 Å². The molecule has 4 heteroatoms. The molecule has 1 saturated heterocycles. The summed E-state index contributed by atoms with van der Waals surface area (Å²) in [5, 5.41) is 9.27. The van der Waals surface area contributed by atoms with Crippen molar-refractivity contribution in [1.82, 2.24) is 4.90 Å². The molecule has 0 saturated carbocycles. The van der Waals surface area contributed by atoms with Crippen molar-refractivity contribution < 1.29 is 14.6 Å². The number of aliphatic hydroxyl groups excluding tert-OH is 1. The molecule has 1 aliphatic rings. The van der Waals surface area contributed by atoms with Gasteiger partial charge in [0.25, 0.3) is 0 Å². The second kappa shape index (κ2) is 6.21. The molecule has 1 rings (SSSR count). The quantitative estimate of drug-likeness (QED) is 0.761. The summed E-state index contributed by atoms with van der Waals surface area (Å²) in [5.41, 5.74) is 0. The van der Waals surface area contributed by atoms with E-state index in [4.69, 9.17) is 4.74 Å². The molecule has 4 nitrogen and oxygen atoms in total. The lowest BCUT2D eigenvalue weighted by Gasteiger charge is -2.26. The minimum absolute atomic E-state index is 0.0160. The fraction of sp³-hybridized carbons (Fsp3) is 0.917. The van der Waals surface area contributed by atoms with Crippen LogP contribution in [0.2, 0.25) is 0 Å². The second-order valence-electron chi connectivity index (χ2n) is 4.87. The van der Waals surface area contributed by atoms with Gasteiger partial charge in [0.1, 0.15) is 0 Å². The fourth-order valence-electron chi connectivity index (χ4n) is 2.36. The van der Waals surface area contributed by atoms with Crippen LogP contribution in [-0.2, 0) is 9.53 Å². The average Bonchev–Trinajstić information content (AvgIpc) is 2.59. The van der Waals surface area contributed by atoms with E-state index in [9.17, 15) is 9.90 Å². The largest absolute Gasteiger partial charge is 0.394 e. The van der Waals surface area contributed by atoms with Gasteiger partial charge in [-0.2, -0.15) is 0 Å². The second-order valence-corrected chi connectivity index (χ2v) is 4.87. The van der Waals surface area contributed by atoms with Gasteiger partial charge in [0, 0.05) is 26.7 Å². The number of nitrogens with zero attached hydrogens (tertiary/aromatic N) is 1. The normalized spacial score (nSPS) is 27.1. The SMILES string of the molecule is COCC(C)CC(=O)N1CCC(C)C1CO. The van der Waals surface area contributed by atoms with Crippen molar-refractivity contribution in [2.75, 3.05) is 26.9 Å². The molecule has 0 bridgehead atoms. The zero-order valence-corrected chi connectivity index (χ0v) is 10.5. The third kappa shape index (κ3) is 3.19. The molecule has 0 aromatic heterocycles. The van der Waals surface area contributed by atoms with E-state index < -0.39 is 0 Å². The number of hydrogen-bond donors (Lipinski definition) is 1. The average molecular weight is 229 g/mol. The number of aliphatic hydroxyl groups is 1. The molecule has 0 aromatic rings. The fourth-order valence-corrected chi connectivity index (χ4v) is 2.36. The molecule has 1 amide bonds. The maximum Gasteiger partial charge on any atom is 0.223 e. The van der Waals surface area contributed by atoms with Gasteiger partial charge >= 0.3 is 0 Å². The van der Waals surface area contributed by atoms with E-state index in [1.54, 1.807) is 7.11 Å². The first-order valence-electron chi connectivity index (χ1n) is 5.99. The zero-order valence-electron chi connectivity index (χ0n) is 10.5. The summed E-state index contributed by atoms with van der Waals surface area (Å²) in [4.78, 5) is 13.8. The van der Waals surface area contributed by atoms with Crippen LogP contribution >= 0.6 is 0 Å². The van der Waals surface area contributed by atoms with Crippen LogP contribution in [0.5, 0.6) is 0 Å². The summed E-state index contributed by atoms with van der Waals surface area (Å²) >= 11 is 0. The number of rotatable bonds is 5.